The molecule has 1 aliphatic heterocycles. The molecule has 1 aliphatic rings. The fourth-order valence-corrected chi connectivity index (χ4v) is 4.65. The largest absolute Gasteiger partial charge is 0.419 e. The van der Waals surface area contributed by atoms with Crippen LogP contribution < -0.4 is 0 Å². The maximum Gasteiger partial charge on any atom is 0.183 e. The minimum atomic E-state index is -0.948. The Kier molecular flexibility index (Phi) is 4.37. The van der Waals surface area contributed by atoms with Gasteiger partial charge in [-0.15, -0.1) is 0 Å². The first-order valence-corrected chi connectivity index (χ1v) is 8.16. The molecule has 86 valence electrons. The molecular weight excluding hydrogens is 212 g/mol. The lowest BCUT2D eigenvalue weighted by Gasteiger charge is -2.24. The molecule has 1 fully saturated rings. The highest BCUT2D eigenvalue weighted by molar-refractivity contribution is 6.54. The van der Waals surface area contributed by atoms with Gasteiger partial charge in [0.25, 0.3) is 0 Å². The van der Waals surface area contributed by atoms with Crippen LogP contribution in [0.4, 0.5) is 0 Å². The van der Waals surface area contributed by atoms with Crippen molar-refractivity contribution < 1.29 is 4.43 Å². The summed E-state index contributed by atoms with van der Waals surface area (Å²) in [5.41, 5.74) is 1.94. The van der Waals surface area contributed by atoms with Crippen LogP contribution >= 0.6 is 0 Å². The summed E-state index contributed by atoms with van der Waals surface area (Å²) in [7, 11) is -0.948. The van der Waals surface area contributed by atoms with Gasteiger partial charge in [-0.1, -0.05) is 55.8 Å². The predicted octanol–water partition coefficient (Wildman–Crippen LogP) is 3.62. The number of allylic oxidation sites excluding steroid dienone is 1. The lowest BCUT2D eigenvalue weighted by molar-refractivity contribution is 0.283. The van der Waals surface area contributed by atoms with Gasteiger partial charge in [-0.2, -0.15) is 0 Å². The van der Waals surface area contributed by atoms with E-state index in [1.165, 1.54) is 24.4 Å². The lowest BCUT2D eigenvalue weighted by atomic mass is 10.2. The van der Waals surface area contributed by atoms with E-state index in [2.05, 4.69) is 49.4 Å². The molecule has 1 aromatic rings. The van der Waals surface area contributed by atoms with Crippen LogP contribution in [0, 0.1) is 0 Å². The van der Waals surface area contributed by atoms with Crippen LogP contribution in [0.5, 0.6) is 0 Å². The van der Waals surface area contributed by atoms with Crippen molar-refractivity contribution in [3.05, 3.63) is 42.0 Å². The predicted molar refractivity (Wildman–Crippen MR) is 72.0 cm³/mol. The molecule has 2 rings (SSSR count). The van der Waals surface area contributed by atoms with E-state index in [0.717, 1.165) is 6.61 Å². The molecule has 1 saturated heterocycles. The summed E-state index contributed by atoms with van der Waals surface area (Å²) in [5.74, 6) is 0. The molecule has 1 heterocycles. The van der Waals surface area contributed by atoms with Crippen LogP contribution in [0.25, 0.3) is 6.08 Å². The van der Waals surface area contributed by atoms with E-state index in [9.17, 15) is 0 Å². The molecule has 0 radical (unpaired) electrons. The third kappa shape index (κ3) is 3.32. The Hall–Kier alpha value is -0.863. The third-order valence-corrected chi connectivity index (χ3v) is 6.23. The van der Waals surface area contributed by atoms with Crippen LogP contribution in [-0.4, -0.2) is 15.6 Å². The summed E-state index contributed by atoms with van der Waals surface area (Å²) in [6.45, 7) is 3.31. The second kappa shape index (κ2) is 6.02. The Morgan fingerprint density at radius 3 is 2.75 bits per heavy atom. The van der Waals surface area contributed by atoms with Gasteiger partial charge in [0.1, 0.15) is 0 Å². The Bertz CT molecular complexity index is 328. The van der Waals surface area contributed by atoms with Gasteiger partial charge >= 0.3 is 0 Å². The minimum Gasteiger partial charge on any atom is -0.419 e. The number of hydrogen-bond donors (Lipinski definition) is 0. The van der Waals surface area contributed by atoms with Gasteiger partial charge in [-0.05, 0) is 23.6 Å². The average molecular weight is 232 g/mol. The number of benzene rings is 1. The zero-order valence-corrected chi connectivity index (χ0v) is 11.1. The number of hydrogen-bond acceptors (Lipinski definition) is 1. The quantitative estimate of drug-likeness (QED) is 0.723. The van der Waals surface area contributed by atoms with E-state index in [4.69, 9.17) is 4.43 Å². The average Bonchev–Trinajstić information content (AvgIpc) is 2.38. The van der Waals surface area contributed by atoms with Gasteiger partial charge in [0.05, 0.1) is 0 Å². The summed E-state index contributed by atoms with van der Waals surface area (Å²) >= 11 is 0. The highest BCUT2D eigenvalue weighted by Gasteiger charge is 2.20. The summed E-state index contributed by atoms with van der Waals surface area (Å²) in [4.78, 5) is 0. The van der Waals surface area contributed by atoms with Gasteiger partial charge in [0.2, 0.25) is 0 Å². The zero-order chi connectivity index (χ0) is 11.2. The highest BCUT2D eigenvalue weighted by Crippen LogP contribution is 2.23. The number of rotatable bonds is 3. The Balaban J connectivity index is 1.91. The van der Waals surface area contributed by atoms with Crippen molar-refractivity contribution >= 4 is 15.1 Å². The van der Waals surface area contributed by atoms with E-state index in [-0.39, 0.29) is 0 Å². The van der Waals surface area contributed by atoms with Crippen molar-refractivity contribution in [1.82, 2.24) is 0 Å². The molecular formula is C14H20OSi. The first kappa shape index (κ1) is 11.6. The van der Waals surface area contributed by atoms with Crippen molar-refractivity contribution in [2.45, 2.75) is 31.4 Å². The molecule has 2 unspecified atom stereocenters. The fourth-order valence-electron chi connectivity index (χ4n) is 2.13. The van der Waals surface area contributed by atoms with Crippen LogP contribution in [0.1, 0.15) is 25.3 Å². The summed E-state index contributed by atoms with van der Waals surface area (Å²) in [6, 6.07) is 11.9. The van der Waals surface area contributed by atoms with Crippen molar-refractivity contribution in [2.24, 2.45) is 0 Å². The minimum absolute atomic E-state index is 0.653. The maximum absolute atomic E-state index is 5.92. The first-order valence-electron chi connectivity index (χ1n) is 6.21. The molecule has 2 atom stereocenters. The molecule has 1 nitrogen and oxygen atoms in total. The summed E-state index contributed by atoms with van der Waals surface area (Å²) in [6.07, 6.45) is 7.20. The highest BCUT2D eigenvalue weighted by atomic mass is 28.3. The maximum atomic E-state index is 5.92. The molecule has 0 N–H and O–H groups in total. The van der Waals surface area contributed by atoms with Gasteiger partial charge in [0.15, 0.2) is 9.04 Å². The molecule has 0 spiro atoms. The fraction of sp³-hybridized carbons (Fsp3) is 0.429. The van der Waals surface area contributed by atoms with Crippen molar-refractivity contribution in [3.8, 4) is 0 Å². The van der Waals surface area contributed by atoms with Gasteiger partial charge in [0, 0.05) is 6.61 Å². The van der Waals surface area contributed by atoms with Crippen molar-refractivity contribution in [3.63, 3.8) is 0 Å². The molecule has 16 heavy (non-hydrogen) atoms. The Morgan fingerprint density at radius 1 is 1.25 bits per heavy atom. The van der Waals surface area contributed by atoms with Gasteiger partial charge in [-0.25, -0.2) is 0 Å². The summed E-state index contributed by atoms with van der Waals surface area (Å²) in [5, 5.41) is 0. The summed E-state index contributed by atoms with van der Waals surface area (Å²) < 4.78 is 5.92. The molecule has 0 aromatic heterocycles. The SMILES string of the molecule is CC(/C=C/c1ccccc1)[SiH]1CCCCO1. The molecule has 2 heteroatoms. The topological polar surface area (TPSA) is 9.23 Å². The molecule has 1 aromatic carbocycles. The first-order chi connectivity index (χ1) is 7.86. The van der Waals surface area contributed by atoms with Gasteiger partial charge < -0.3 is 4.43 Å². The Labute approximate surface area is 99.9 Å². The monoisotopic (exact) mass is 232 g/mol. The molecule has 0 amide bonds. The second-order valence-electron chi connectivity index (χ2n) is 4.53. The van der Waals surface area contributed by atoms with Crippen LogP contribution in [-0.2, 0) is 4.43 Å². The molecule has 0 saturated carbocycles. The zero-order valence-electron chi connectivity index (χ0n) is 9.93. The van der Waals surface area contributed by atoms with Gasteiger partial charge in [-0.3, -0.25) is 0 Å². The van der Waals surface area contributed by atoms with E-state index >= 15 is 0 Å². The van der Waals surface area contributed by atoms with E-state index in [1.54, 1.807) is 0 Å². The van der Waals surface area contributed by atoms with E-state index in [1.807, 2.05) is 0 Å². The van der Waals surface area contributed by atoms with Crippen LogP contribution in [0.15, 0.2) is 36.4 Å². The van der Waals surface area contributed by atoms with Crippen LogP contribution in [0.3, 0.4) is 0 Å². The molecule has 0 bridgehead atoms. The Morgan fingerprint density at radius 2 is 2.06 bits per heavy atom. The smallest absolute Gasteiger partial charge is 0.183 e. The van der Waals surface area contributed by atoms with Crippen molar-refractivity contribution in [1.29, 1.82) is 0 Å². The molecule has 0 aliphatic carbocycles. The van der Waals surface area contributed by atoms with Crippen LogP contribution in [0.2, 0.25) is 11.6 Å². The van der Waals surface area contributed by atoms with E-state index < -0.39 is 9.04 Å². The van der Waals surface area contributed by atoms with Crippen molar-refractivity contribution in [2.75, 3.05) is 6.61 Å². The lowest BCUT2D eigenvalue weighted by Crippen LogP contribution is -2.26. The van der Waals surface area contributed by atoms with E-state index in [0.29, 0.717) is 5.54 Å². The normalized spacial score (nSPS) is 23.4. The standard InChI is InChI=1S/C14H20OSi/c1-13(16-12-6-5-11-15-16)9-10-14-7-3-2-4-8-14/h2-4,7-10,13,16H,5-6,11-12H2,1H3/b10-9+. The second-order valence-corrected chi connectivity index (χ2v) is 7.57. The third-order valence-electron chi connectivity index (χ3n) is 3.19.